The van der Waals surface area contributed by atoms with E-state index in [4.69, 9.17) is 0 Å². The van der Waals surface area contributed by atoms with Gasteiger partial charge < -0.3 is 10.5 Å². The summed E-state index contributed by atoms with van der Waals surface area (Å²) in [5, 5.41) is 0. The van der Waals surface area contributed by atoms with Gasteiger partial charge in [-0.3, -0.25) is 4.79 Å². The van der Waals surface area contributed by atoms with Gasteiger partial charge in [0.2, 0.25) is 0 Å². The van der Waals surface area contributed by atoms with Crippen LogP contribution in [0.25, 0.3) is 0 Å². The molecule has 56 valence electrons. The van der Waals surface area contributed by atoms with Gasteiger partial charge in [-0.2, -0.15) is 0 Å². The van der Waals surface area contributed by atoms with Crippen LogP contribution in [0.2, 0.25) is 0 Å². The number of hydrogen-bond donors (Lipinski definition) is 1. The zero-order valence-electron chi connectivity index (χ0n) is 5.74. The van der Waals surface area contributed by atoms with Crippen LogP contribution < -0.4 is 40.8 Å². The smallest absolute Gasteiger partial charge is 0.870 e. The third kappa shape index (κ3) is 2.98. The van der Waals surface area contributed by atoms with E-state index in [9.17, 15) is 14.1 Å². The van der Waals surface area contributed by atoms with E-state index in [1.54, 1.807) is 0 Å². The van der Waals surface area contributed by atoms with E-state index in [0.29, 0.717) is 0 Å². The SMILES string of the molecule is O=c1cc[nH]c(=O)n1F.[Na+].[OH-]. The summed E-state index contributed by atoms with van der Waals surface area (Å²) in [5.74, 6) is 0. The van der Waals surface area contributed by atoms with E-state index in [1.165, 1.54) is 0 Å². The van der Waals surface area contributed by atoms with E-state index in [0.717, 1.165) is 12.3 Å². The van der Waals surface area contributed by atoms with Crippen LogP contribution in [-0.4, -0.2) is 15.2 Å². The standard InChI is InChI=1S/C4H3FN2O2.Na.H2O/c5-7-3(8)1-2-6-4(7)9;;/h1-2H,(H,6,9);;1H2/q;+1;/p-1. The van der Waals surface area contributed by atoms with Crippen LogP contribution in [0, 0.1) is 0 Å². The number of aromatic amines is 1. The van der Waals surface area contributed by atoms with Crippen LogP contribution in [-0.2, 0) is 0 Å². The zero-order valence-corrected chi connectivity index (χ0v) is 7.74. The van der Waals surface area contributed by atoms with Crippen molar-refractivity contribution in [1.82, 2.24) is 9.77 Å². The van der Waals surface area contributed by atoms with Crippen molar-refractivity contribution >= 4 is 0 Å². The summed E-state index contributed by atoms with van der Waals surface area (Å²) in [6, 6.07) is 0.918. The Morgan fingerprint density at radius 1 is 1.45 bits per heavy atom. The Morgan fingerprint density at radius 2 is 2.00 bits per heavy atom. The van der Waals surface area contributed by atoms with Gasteiger partial charge in [0.1, 0.15) is 0 Å². The van der Waals surface area contributed by atoms with Crippen LogP contribution in [0.4, 0.5) is 4.48 Å². The number of halogens is 1. The number of H-pyrrole nitrogens is 1. The Balaban J connectivity index is 0. The summed E-state index contributed by atoms with van der Waals surface area (Å²) in [6.45, 7) is 0. The summed E-state index contributed by atoms with van der Waals surface area (Å²) in [4.78, 5) is 21.9. The Labute approximate surface area is 82.4 Å². The number of rotatable bonds is 0. The van der Waals surface area contributed by atoms with Gasteiger partial charge in [-0.1, -0.05) is 9.27 Å². The molecule has 0 fully saturated rings. The molecule has 0 aliphatic carbocycles. The molecule has 0 radical (unpaired) electrons. The second kappa shape index (κ2) is 5.25. The summed E-state index contributed by atoms with van der Waals surface area (Å²) in [7, 11) is 0. The Bertz CT molecular complexity index is 291. The van der Waals surface area contributed by atoms with Crippen molar-refractivity contribution in [3.8, 4) is 0 Å². The molecule has 0 amide bonds. The zero-order chi connectivity index (χ0) is 6.85. The predicted molar refractivity (Wildman–Crippen MR) is 29.8 cm³/mol. The Kier molecular flexibility index (Phi) is 6.29. The second-order valence-electron chi connectivity index (χ2n) is 1.40. The third-order valence-electron chi connectivity index (χ3n) is 0.805. The first-order valence-corrected chi connectivity index (χ1v) is 2.19. The molecule has 1 aromatic heterocycles. The minimum atomic E-state index is -1.05. The molecule has 1 heterocycles. The predicted octanol–water partition coefficient (Wildman–Crippen LogP) is -3.90. The van der Waals surface area contributed by atoms with Crippen molar-refractivity contribution in [2.45, 2.75) is 0 Å². The van der Waals surface area contributed by atoms with Crippen molar-refractivity contribution in [2.24, 2.45) is 0 Å². The normalized spacial score (nSPS) is 7.73. The van der Waals surface area contributed by atoms with E-state index in [2.05, 4.69) is 0 Å². The third-order valence-corrected chi connectivity index (χ3v) is 0.805. The van der Waals surface area contributed by atoms with Crippen molar-refractivity contribution in [3.05, 3.63) is 33.1 Å². The van der Waals surface area contributed by atoms with Crippen molar-refractivity contribution in [1.29, 1.82) is 0 Å². The summed E-state index contributed by atoms with van der Waals surface area (Å²) >= 11 is 0. The molecule has 0 saturated carbocycles. The molecule has 2 N–H and O–H groups in total. The maximum absolute atomic E-state index is 12.0. The molecule has 7 heteroatoms. The molecule has 0 bridgehead atoms. The van der Waals surface area contributed by atoms with Crippen molar-refractivity contribution in [2.75, 3.05) is 0 Å². The van der Waals surface area contributed by atoms with Gasteiger partial charge >= 0.3 is 35.2 Å². The molecular weight excluding hydrogens is 166 g/mol. The van der Waals surface area contributed by atoms with E-state index in [-0.39, 0.29) is 35.0 Å². The van der Waals surface area contributed by atoms with E-state index >= 15 is 0 Å². The van der Waals surface area contributed by atoms with Gasteiger partial charge in [-0.05, 0) is 0 Å². The Hall–Kier alpha value is -0.430. The quantitative estimate of drug-likeness (QED) is 0.404. The van der Waals surface area contributed by atoms with Gasteiger partial charge in [0, 0.05) is 12.3 Å². The molecular formula is C4H4FN2NaO3. The van der Waals surface area contributed by atoms with Crippen molar-refractivity contribution in [3.63, 3.8) is 0 Å². The first-order valence-electron chi connectivity index (χ1n) is 2.19. The van der Waals surface area contributed by atoms with Gasteiger partial charge in [-0.15, -0.1) is 0 Å². The first kappa shape index (κ1) is 13.2. The van der Waals surface area contributed by atoms with Crippen LogP contribution in [0.3, 0.4) is 0 Å². The van der Waals surface area contributed by atoms with Crippen LogP contribution in [0.5, 0.6) is 0 Å². The van der Waals surface area contributed by atoms with Gasteiger partial charge in [0.05, 0.1) is 0 Å². The van der Waals surface area contributed by atoms with E-state index < -0.39 is 16.0 Å². The topological polar surface area (TPSA) is 84.9 Å². The molecule has 0 spiro atoms. The molecule has 0 atom stereocenters. The van der Waals surface area contributed by atoms with Crippen molar-refractivity contribution < 1.29 is 39.5 Å². The first-order chi connectivity index (χ1) is 4.22. The molecule has 0 aliphatic heterocycles. The number of hydrogen-bond acceptors (Lipinski definition) is 3. The molecule has 1 rings (SSSR count). The summed E-state index contributed by atoms with van der Waals surface area (Å²) in [5.41, 5.74) is -2.01. The second-order valence-corrected chi connectivity index (χ2v) is 1.40. The molecule has 0 saturated heterocycles. The monoisotopic (exact) mass is 170 g/mol. The fourth-order valence-electron chi connectivity index (χ4n) is 0.406. The summed E-state index contributed by atoms with van der Waals surface area (Å²) < 4.78 is 12.0. The largest absolute Gasteiger partial charge is 1.00 e. The Morgan fingerprint density at radius 3 is 2.36 bits per heavy atom. The van der Waals surface area contributed by atoms with Gasteiger partial charge in [-0.25, -0.2) is 4.79 Å². The number of aromatic nitrogens is 2. The van der Waals surface area contributed by atoms with Gasteiger partial charge in [0.15, 0.2) is 0 Å². The maximum Gasteiger partial charge on any atom is 1.00 e. The fourth-order valence-corrected chi connectivity index (χ4v) is 0.406. The molecule has 1 aromatic rings. The minimum absolute atomic E-state index is 0. The maximum atomic E-state index is 12.0. The summed E-state index contributed by atoms with van der Waals surface area (Å²) in [6.07, 6.45) is 1.08. The van der Waals surface area contributed by atoms with E-state index in [1.807, 2.05) is 4.98 Å². The van der Waals surface area contributed by atoms with Crippen LogP contribution in [0.1, 0.15) is 0 Å². The van der Waals surface area contributed by atoms with Gasteiger partial charge in [0.25, 0.3) is 5.56 Å². The molecule has 0 aromatic carbocycles. The molecule has 0 unspecified atom stereocenters. The number of nitrogens with one attached hydrogen (secondary N) is 1. The average molecular weight is 170 g/mol. The fraction of sp³-hybridized carbons (Fsp3) is 0. The number of nitrogens with zero attached hydrogens (tertiary/aromatic N) is 1. The molecule has 5 nitrogen and oxygen atoms in total. The molecule has 0 aliphatic rings. The minimum Gasteiger partial charge on any atom is -0.870 e. The van der Waals surface area contributed by atoms with Crippen LogP contribution in [0.15, 0.2) is 21.9 Å². The van der Waals surface area contributed by atoms with Crippen LogP contribution >= 0.6 is 0 Å². The average Bonchev–Trinajstić information content (AvgIpc) is 1.83. The molecule has 11 heavy (non-hydrogen) atoms.